The number of carbonyl (C=O) groups is 3. The first-order chi connectivity index (χ1) is 33.6. The maximum absolute atomic E-state index is 13.6. The minimum atomic E-state index is -3.46. The van der Waals surface area contributed by atoms with Gasteiger partial charge in [0.05, 0.1) is 18.5 Å². The van der Waals surface area contributed by atoms with Crippen LogP contribution in [0.4, 0.5) is 39.5 Å². The number of aryl methyl sites for hydroxylation is 1. The molecule has 72 heavy (non-hydrogen) atoms. The molecule has 18 heteroatoms. The molecule has 1 aliphatic heterocycles. The molecule has 0 aliphatic carbocycles. The van der Waals surface area contributed by atoms with Gasteiger partial charge in [0.1, 0.15) is 12.4 Å². The lowest BCUT2D eigenvalue weighted by atomic mass is 9.93. The molecule has 1 aliphatic rings. The number of rotatable bonds is 10. The molecular formula is C54H54BrF9NO6P. The topological polar surface area (TPSA) is 101 Å². The van der Waals surface area contributed by atoms with E-state index in [1.807, 2.05) is 86.8 Å². The summed E-state index contributed by atoms with van der Waals surface area (Å²) < 4.78 is 132. The van der Waals surface area contributed by atoms with E-state index in [4.69, 9.17) is 9.84 Å². The number of morpholine rings is 1. The number of likely N-dealkylation sites (N-methyl/N-ethyl adjacent to an activating group) is 1. The van der Waals surface area contributed by atoms with Gasteiger partial charge in [0, 0.05) is 34.5 Å². The molecule has 386 valence electrons. The van der Waals surface area contributed by atoms with Crippen LogP contribution in [-0.2, 0) is 42.2 Å². The number of esters is 1. The zero-order valence-corrected chi connectivity index (χ0v) is 42.8. The maximum Gasteiger partial charge on any atom is 0.322 e. The van der Waals surface area contributed by atoms with Crippen molar-refractivity contribution in [2.75, 3.05) is 26.9 Å². The van der Waals surface area contributed by atoms with Crippen molar-refractivity contribution in [2.24, 2.45) is 5.92 Å². The normalized spacial score (nSPS) is 15.0. The zero-order valence-electron chi connectivity index (χ0n) is 40.3. The van der Waals surface area contributed by atoms with Crippen LogP contribution < -0.4 is 0 Å². The average molecular weight is 1090 g/mol. The fraction of sp³-hybridized carbons (Fsp3) is 0.278. The van der Waals surface area contributed by atoms with E-state index in [-0.39, 0.29) is 29.2 Å². The SMILES string of the molecule is CN1CC(=O)OC(c2ccccc2)C1c1ccccc1.CP(C)(=O)C(F)(F)c1ccc(CBr)cc1.C[C@@H](Cc1ccc(C(C)(F)F)cc1)C(=O)O.Cc1c(F)c(F)c(F)c(F)c1F.Cc1ccc(C=O)cc1. The van der Waals surface area contributed by atoms with E-state index in [1.54, 1.807) is 31.2 Å². The molecule has 0 saturated carbocycles. The van der Waals surface area contributed by atoms with E-state index in [2.05, 4.69) is 33.0 Å². The van der Waals surface area contributed by atoms with E-state index in [0.717, 1.165) is 61.3 Å². The van der Waals surface area contributed by atoms with Crippen LogP contribution in [0.1, 0.15) is 80.9 Å². The lowest BCUT2D eigenvalue weighted by molar-refractivity contribution is -0.164. The average Bonchev–Trinajstić information content (AvgIpc) is 3.35. The second-order valence-electron chi connectivity index (χ2n) is 17.1. The lowest BCUT2D eigenvalue weighted by Gasteiger charge is -2.38. The third-order valence-corrected chi connectivity index (χ3v) is 13.1. The molecule has 2 unspecified atom stereocenters. The van der Waals surface area contributed by atoms with Crippen LogP contribution in [0.5, 0.6) is 0 Å². The molecule has 6 aromatic carbocycles. The highest BCUT2D eigenvalue weighted by atomic mass is 79.9. The number of halogens is 10. The number of alkyl halides is 5. The summed E-state index contributed by atoms with van der Waals surface area (Å²) in [6.07, 6.45) is 0.939. The van der Waals surface area contributed by atoms with Crippen LogP contribution in [0.2, 0.25) is 0 Å². The van der Waals surface area contributed by atoms with E-state index in [1.165, 1.54) is 29.8 Å². The van der Waals surface area contributed by atoms with Crippen LogP contribution in [0.15, 0.2) is 133 Å². The Labute approximate surface area is 421 Å². The predicted octanol–water partition coefficient (Wildman–Crippen LogP) is 14.8. The minimum Gasteiger partial charge on any atom is -0.481 e. The van der Waals surface area contributed by atoms with Crippen LogP contribution >= 0.6 is 23.1 Å². The number of carboxylic acids is 1. The summed E-state index contributed by atoms with van der Waals surface area (Å²) in [5, 5.41) is 9.33. The Bertz CT molecular complexity index is 2640. The van der Waals surface area contributed by atoms with E-state index < -0.39 is 65.3 Å². The Morgan fingerprint density at radius 2 is 1.18 bits per heavy atom. The van der Waals surface area contributed by atoms with Gasteiger partial charge >= 0.3 is 17.6 Å². The summed E-state index contributed by atoms with van der Waals surface area (Å²) in [6, 6.07) is 39.3. The second-order valence-corrected chi connectivity index (χ2v) is 20.9. The summed E-state index contributed by atoms with van der Waals surface area (Å²) >= 11 is 3.23. The van der Waals surface area contributed by atoms with Gasteiger partial charge in [0.15, 0.2) is 30.4 Å². The van der Waals surface area contributed by atoms with Crippen LogP contribution in [0, 0.1) is 48.9 Å². The molecule has 1 N–H and O–H groups in total. The monoisotopic (exact) mass is 1090 g/mol. The van der Waals surface area contributed by atoms with Gasteiger partial charge in [-0.1, -0.05) is 162 Å². The number of ether oxygens (including phenoxy) is 1. The van der Waals surface area contributed by atoms with E-state index >= 15 is 0 Å². The molecule has 6 aromatic rings. The fourth-order valence-corrected chi connectivity index (χ4v) is 7.73. The van der Waals surface area contributed by atoms with Gasteiger partial charge in [-0.3, -0.25) is 19.3 Å². The Balaban J connectivity index is 0.000000243. The van der Waals surface area contributed by atoms with Crippen LogP contribution in [0.3, 0.4) is 0 Å². The first kappa shape index (κ1) is 60.3. The third kappa shape index (κ3) is 17.3. The molecule has 7 nitrogen and oxygen atoms in total. The number of cyclic esters (lactones) is 1. The molecule has 0 radical (unpaired) electrons. The van der Waals surface area contributed by atoms with Crippen molar-refractivity contribution in [3.63, 3.8) is 0 Å². The molecule has 0 amide bonds. The number of aliphatic carboxylic acids is 1. The van der Waals surface area contributed by atoms with E-state index in [0.29, 0.717) is 18.3 Å². The highest BCUT2D eigenvalue weighted by Crippen LogP contribution is 2.60. The molecule has 7 rings (SSSR count). The number of carboxylic acid groups (broad SMARTS) is 1. The number of nitrogens with zero attached hydrogens (tertiary/aromatic N) is 1. The molecule has 0 spiro atoms. The van der Waals surface area contributed by atoms with Crippen molar-refractivity contribution in [1.82, 2.24) is 4.90 Å². The quantitative estimate of drug-likeness (QED) is 0.0277. The highest BCUT2D eigenvalue weighted by molar-refractivity contribution is 9.08. The van der Waals surface area contributed by atoms with Crippen molar-refractivity contribution < 1.29 is 68.3 Å². The third-order valence-electron chi connectivity index (χ3n) is 10.9. The molecule has 1 fully saturated rings. The summed E-state index contributed by atoms with van der Waals surface area (Å²) in [7, 11) is -1.49. The Morgan fingerprint density at radius 1 is 0.736 bits per heavy atom. The standard InChI is InChI=1S/C17H17NO2.C12H14F2O2.C10H12BrF2OP.C8H8O.C7H3F5/c1-18-12-15(19)20-17(14-10-6-3-7-11-14)16(18)13-8-4-2-5-9-13;1-8(11(15)16)7-9-3-5-10(6-4-9)12(2,13)14;1-15(2,14)10(12,13)9-5-3-8(7-11)4-6-9;1-7-2-4-8(6-9)5-3-7;1-2-3(8)5(10)7(12)6(11)4(2)9/h2-11,16-17H,12H2,1H3;3-6,8H,7H2,1-2H3,(H,15,16);3-6H,7H2,1-2H3;2-6H,1H3;1H3/t;8-;;;/m.0.../s1. The first-order valence-corrected chi connectivity index (χ1v) is 25.6. The van der Waals surface area contributed by atoms with Crippen molar-refractivity contribution in [3.8, 4) is 0 Å². The summed E-state index contributed by atoms with van der Waals surface area (Å²) in [4.78, 5) is 34.6. The number of carbonyl (C=O) groups excluding carboxylic acids is 2. The zero-order chi connectivity index (χ0) is 54.1. The van der Waals surface area contributed by atoms with E-state index in [9.17, 15) is 58.5 Å². The molecular weight excluding hydrogens is 1040 g/mol. The molecule has 1 heterocycles. The predicted molar refractivity (Wildman–Crippen MR) is 264 cm³/mol. The van der Waals surface area contributed by atoms with Gasteiger partial charge in [0.25, 0.3) is 5.92 Å². The Hall–Kier alpha value is -6.03. The van der Waals surface area contributed by atoms with Gasteiger partial charge in [0.2, 0.25) is 5.82 Å². The largest absolute Gasteiger partial charge is 0.481 e. The van der Waals surface area contributed by atoms with Gasteiger partial charge in [-0.15, -0.1) is 0 Å². The number of benzene rings is 6. The number of hydrogen-bond donors (Lipinski definition) is 1. The summed E-state index contributed by atoms with van der Waals surface area (Å²) in [5.74, 6) is -13.9. The molecule has 3 atom stereocenters. The molecule has 1 saturated heterocycles. The first-order valence-electron chi connectivity index (χ1n) is 21.9. The Morgan fingerprint density at radius 3 is 1.61 bits per heavy atom. The van der Waals surface area contributed by atoms with Crippen molar-refractivity contribution >= 4 is 41.3 Å². The van der Waals surface area contributed by atoms with Crippen LogP contribution in [0.25, 0.3) is 0 Å². The molecule has 0 bridgehead atoms. The van der Waals surface area contributed by atoms with Gasteiger partial charge < -0.3 is 14.4 Å². The van der Waals surface area contributed by atoms with Crippen LogP contribution in [-0.4, -0.2) is 55.2 Å². The number of hydrogen-bond acceptors (Lipinski definition) is 6. The van der Waals surface area contributed by atoms with Gasteiger partial charge in [-0.25, -0.2) is 30.7 Å². The van der Waals surface area contributed by atoms with Gasteiger partial charge in [-0.05, 0) is 62.9 Å². The van der Waals surface area contributed by atoms with Gasteiger partial charge in [-0.2, -0.15) is 8.78 Å². The number of aldehydes is 1. The fourth-order valence-electron chi connectivity index (χ4n) is 6.59. The van der Waals surface area contributed by atoms with Crippen molar-refractivity contribution in [1.29, 1.82) is 0 Å². The maximum atomic E-state index is 13.6. The molecule has 0 aromatic heterocycles. The minimum absolute atomic E-state index is 0.0521. The lowest BCUT2D eigenvalue weighted by Crippen LogP contribution is -2.41. The second kappa shape index (κ2) is 27.1. The summed E-state index contributed by atoms with van der Waals surface area (Å²) in [6.45, 7) is 7.76. The van der Waals surface area contributed by atoms with Crippen molar-refractivity contribution in [3.05, 3.63) is 213 Å². The highest BCUT2D eigenvalue weighted by Gasteiger charge is 2.44. The Kier molecular flexibility index (Phi) is 22.7. The summed E-state index contributed by atoms with van der Waals surface area (Å²) in [5.41, 5.74) is 1.43. The van der Waals surface area contributed by atoms with Crippen molar-refractivity contribution in [2.45, 2.75) is 63.2 Å². The smallest absolute Gasteiger partial charge is 0.322 e.